The van der Waals surface area contributed by atoms with Gasteiger partial charge in [0.2, 0.25) is 6.71 Å². The molecule has 0 unspecified atom stereocenters. The number of hydrogen-bond acceptors (Lipinski definition) is 2. The molecule has 0 atom stereocenters. The predicted octanol–water partition coefficient (Wildman–Crippen LogP) is 5.45. The Kier molecular flexibility index (Phi) is 9.86. The van der Waals surface area contributed by atoms with Gasteiger partial charge in [0.15, 0.2) is 0 Å². The molecule has 0 aliphatic heterocycles. The zero-order valence-corrected chi connectivity index (χ0v) is 25.8. The Balaban J connectivity index is 0.000000211. The van der Waals surface area contributed by atoms with Gasteiger partial charge in [-0.25, -0.2) is 4.98 Å². The van der Waals surface area contributed by atoms with E-state index in [1.165, 1.54) is 27.2 Å². The van der Waals surface area contributed by atoms with Gasteiger partial charge in [-0.15, -0.1) is 0 Å². The lowest BCUT2D eigenvalue weighted by Gasteiger charge is -2.37. The van der Waals surface area contributed by atoms with Crippen LogP contribution in [-0.4, -0.2) is 32.4 Å². The number of aromatic nitrogens is 2. The van der Waals surface area contributed by atoms with Crippen molar-refractivity contribution in [1.82, 2.24) is 9.55 Å². The summed E-state index contributed by atoms with van der Waals surface area (Å²) in [6.07, 6.45) is 5.89. The molecule has 0 bridgehead atoms. The van der Waals surface area contributed by atoms with Crippen molar-refractivity contribution < 1.29 is 4.74 Å². The van der Waals surface area contributed by atoms with Crippen molar-refractivity contribution in [3.05, 3.63) is 175 Å². The van der Waals surface area contributed by atoms with Crippen LogP contribution in [0.4, 0.5) is 0 Å². The minimum atomic E-state index is -0.865. The smallest absolute Gasteiger partial charge is 0.206 e. The Morgan fingerprint density at radius 3 is 1.69 bits per heavy atom. The van der Waals surface area contributed by atoms with Gasteiger partial charge in [0.1, 0.15) is 5.75 Å². The van der Waals surface area contributed by atoms with Crippen LogP contribution in [0.25, 0.3) is 0 Å². The highest BCUT2D eigenvalue weighted by Crippen LogP contribution is 2.33. The Labute approximate surface area is 252 Å². The second-order valence-electron chi connectivity index (χ2n) is 10.4. The van der Waals surface area contributed by atoms with Crippen molar-refractivity contribution in [3.8, 4) is 5.75 Å². The fraction of sp³-hybridized carbons (Fsp3) is 0.108. The number of hydrogen-bond donors (Lipinski definition) is 0. The van der Waals surface area contributed by atoms with E-state index in [9.17, 15) is 0 Å². The van der Waals surface area contributed by atoms with Crippen LogP contribution in [0.15, 0.2) is 164 Å². The standard InChI is InChI=1S/C24H24N2OSi.C13H13B/c1-2-27-22-14-9-15-23(18-22)28-24(26-17-16-25-19-26,20-10-5-3-6-11-20)21-12-7-4-8-13-21;1-14(12-8-4-2-5-9-12)13-10-6-3-7-11-13/h3-19H,2,28H2,1H3;2-11H,1H3. The van der Waals surface area contributed by atoms with Gasteiger partial charge in [-0.3, -0.25) is 0 Å². The summed E-state index contributed by atoms with van der Waals surface area (Å²) in [5.74, 6) is 0.938. The summed E-state index contributed by atoms with van der Waals surface area (Å²) >= 11 is 0. The topological polar surface area (TPSA) is 27.1 Å². The van der Waals surface area contributed by atoms with Gasteiger partial charge in [0.25, 0.3) is 0 Å². The van der Waals surface area contributed by atoms with Crippen LogP contribution in [0.3, 0.4) is 0 Å². The lowest BCUT2D eigenvalue weighted by atomic mass is 9.43. The summed E-state index contributed by atoms with van der Waals surface area (Å²) in [6, 6.07) is 51.3. The van der Waals surface area contributed by atoms with Crippen molar-refractivity contribution in [1.29, 1.82) is 0 Å². The molecule has 0 amide bonds. The van der Waals surface area contributed by atoms with E-state index in [1.54, 1.807) is 0 Å². The van der Waals surface area contributed by atoms with Crippen molar-refractivity contribution in [3.63, 3.8) is 0 Å². The Morgan fingerprint density at radius 1 is 0.690 bits per heavy atom. The van der Waals surface area contributed by atoms with Crippen molar-refractivity contribution >= 4 is 32.3 Å². The van der Waals surface area contributed by atoms with E-state index in [-0.39, 0.29) is 5.16 Å². The maximum absolute atomic E-state index is 5.77. The Bertz CT molecular complexity index is 1530. The van der Waals surface area contributed by atoms with E-state index in [2.05, 4.69) is 162 Å². The Morgan fingerprint density at radius 2 is 1.21 bits per heavy atom. The van der Waals surface area contributed by atoms with E-state index < -0.39 is 9.52 Å². The Hall–Kier alpha value is -4.61. The monoisotopic (exact) mass is 564 g/mol. The molecule has 0 saturated heterocycles. The van der Waals surface area contributed by atoms with E-state index in [4.69, 9.17) is 4.74 Å². The molecule has 0 aliphatic rings. The lowest BCUT2D eigenvalue weighted by molar-refractivity contribution is 0.340. The van der Waals surface area contributed by atoms with Crippen molar-refractivity contribution in [2.75, 3.05) is 6.61 Å². The maximum Gasteiger partial charge on any atom is 0.206 e. The summed E-state index contributed by atoms with van der Waals surface area (Å²) in [5, 5.41) is 1.09. The molecule has 0 fully saturated rings. The molecule has 0 saturated carbocycles. The molecule has 1 aromatic heterocycles. The van der Waals surface area contributed by atoms with Crippen LogP contribution < -0.4 is 20.8 Å². The summed E-state index contributed by atoms with van der Waals surface area (Å²) in [7, 11) is -0.865. The molecular formula is C37H37BN2OSi. The van der Waals surface area contributed by atoms with Crippen LogP contribution in [0.2, 0.25) is 6.82 Å². The van der Waals surface area contributed by atoms with Crippen molar-refractivity contribution in [2.24, 2.45) is 0 Å². The molecule has 0 spiro atoms. The van der Waals surface area contributed by atoms with Gasteiger partial charge in [-0.2, -0.15) is 0 Å². The first-order chi connectivity index (χ1) is 20.7. The molecule has 5 aromatic carbocycles. The minimum Gasteiger partial charge on any atom is -0.494 e. The van der Waals surface area contributed by atoms with E-state index in [1.807, 2.05) is 25.5 Å². The average Bonchev–Trinajstić information content (AvgIpc) is 3.61. The van der Waals surface area contributed by atoms with Crippen LogP contribution >= 0.6 is 0 Å². The fourth-order valence-electron chi connectivity index (χ4n) is 5.56. The van der Waals surface area contributed by atoms with Gasteiger partial charge in [-0.05, 0) is 30.2 Å². The first kappa shape index (κ1) is 28.9. The highest BCUT2D eigenvalue weighted by molar-refractivity contribution is 6.84. The quantitative estimate of drug-likeness (QED) is 0.219. The molecule has 1 heterocycles. The maximum atomic E-state index is 5.77. The van der Waals surface area contributed by atoms with E-state index in [0.717, 1.165) is 5.75 Å². The highest BCUT2D eigenvalue weighted by Gasteiger charge is 2.36. The molecular weight excluding hydrogens is 527 g/mol. The van der Waals surface area contributed by atoms with E-state index >= 15 is 0 Å². The zero-order chi connectivity index (χ0) is 29.0. The van der Waals surface area contributed by atoms with Crippen LogP contribution in [-0.2, 0) is 5.16 Å². The molecule has 0 aliphatic carbocycles. The molecule has 6 aromatic rings. The van der Waals surface area contributed by atoms with Gasteiger partial charge in [0, 0.05) is 12.4 Å². The fourth-order valence-corrected chi connectivity index (χ4v) is 7.95. The molecule has 6 rings (SSSR count). The number of nitrogens with zero attached hydrogens (tertiary/aromatic N) is 2. The van der Waals surface area contributed by atoms with Crippen LogP contribution in [0.5, 0.6) is 5.75 Å². The third-order valence-electron chi connectivity index (χ3n) is 7.72. The molecule has 42 heavy (non-hydrogen) atoms. The molecule has 0 radical (unpaired) electrons. The van der Waals surface area contributed by atoms with Crippen molar-refractivity contribution in [2.45, 2.75) is 18.9 Å². The summed E-state index contributed by atoms with van der Waals surface area (Å²) in [6.45, 7) is 5.42. The van der Waals surface area contributed by atoms with Gasteiger partial charge in [-0.1, -0.05) is 156 Å². The van der Waals surface area contributed by atoms with Crippen LogP contribution in [0, 0.1) is 0 Å². The first-order valence-corrected chi connectivity index (χ1v) is 16.0. The second kappa shape index (κ2) is 14.3. The summed E-state index contributed by atoms with van der Waals surface area (Å²) in [5.41, 5.74) is 5.32. The van der Waals surface area contributed by atoms with Gasteiger partial charge >= 0.3 is 0 Å². The third-order valence-corrected chi connectivity index (χ3v) is 10.3. The molecule has 208 valence electrons. The highest BCUT2D eigenvalue weighted by atomic mass is 28.2. The first-order valence-electron chi connectivity index (χ1n) is 14.6. The normalized spacial score (nSPS) is 11.1. The van der Waals surface area contributed by atoms with Gasteiger partial charge < -0.3 is 9.30 Å². The number of imidazole rings is 1. The largest absolute Gasteiger partial charge is 0.494 e. The third kappa shape index (κ3) is 6.81. The summed E-state index contributed by atoms with van der Waals surface area (Å²) in [4.78, 5) is 4.39. The van der Waals surface area contributed by atoms with Crippen LogP contribution in [0.1, 0.15) is 18.1 Å². The SMILES string of the molecule is CB(c1ccccc1)c1ccccc1.CCOc1cccc([SiH2]C(c2ccccc2)(c2ccccc2)n2ccnc2)c1. The van der Waals surface area contributed by atoms with E-state index in [0.29, 0.717) is 13.3 Å². The number of benzene rings is 5. The molecule has 5 heteroatoms. The summed E-state index contributed by atoms with van der Waals surface area (Å²) < 4.78 is 8.04. The zero-order valence-electron chi connectivity index (χ0n) is 24.4. The molecule has 0 N–H and O–H groups in total. The minimum absolute atomic E-state index is 0.260. The second-order valence-corrected chi connectivity index (χ2v) is 12.6. The predicted molar refractivity (Wildman–Crippen MR) is 181 cm³/mol. The average molecular weight is 565 g/mol. The number of ether oxygens (including phenoxy) is 1. The van der Waals surface area contributed by atoms with Gasteiger partial charge in [0.05, 0.1) is 27.6 Å². The number of rotatable bonds is 9. The molecule has 3 nitrogen and oxygen atoms in total. The lowest BCUT2D eigenvalue weighted by Crippen LogP contribution is -2.46.